The lowest BCUT2D eigenvalue weighted by Gasteiger charge is -2.05. The molecule has 4 rings (SSSR count). The quantitative estimate of drug-likeness (QED) is 0.614. The molecule has 4 aromatic rings. The molecule has 1 N–H and O–H groups in total. The number of benzene rings is 2. The summed E-state index contributed by atoms with van der Waals surface area (Å²) in [4.78, 5) is 8.85. The third-order valence-electron chi connectivity index (χ3n) is 3.44. The van der Waals surface area contributed by atoms with Gasteiger partial charge < -0.3 is 9.73 Å². The molecule has 0 aliphatic carbocycles. The van der Waals surface area contributed by atoms with Crippen molar-refractivity contribution in [2.75, 3.05) is 5.32 Å². The molecule has 0 spiro atoms. The second-order valence-electron chi connectivity index (χ2n) is 4.83. The first-order chi connectivity index (χ1) is 10.4. The van der Waals surface area contributed by atoms with E-state index < -0.39 is 0 Å². The van der Waals surface area contributed by atoms with Crippen LogP contribution in [0.25, 0.3) is 22.0 Å². The van der Waals surface area contributed by atoms with Crippen molar-refractivity contribution in [3.05, 3.63) is 66.4 Å². The predicted octanol–water partition coefficient (Wildman–Crippen LogP) is 3.99. The van der Waals surface area contributed by atoms with E-state index in [0.29, 0.717) is 12.6 Å². The monoisotopic (exact) mass is 275 g/mol. The van der Waals surface area contributed by atoms with Crippen LogP contribution in [0.15, 0.2) is 65.2 Å². The molecule has 0 aliphatic rings. The van der Waals surface area contributed by atoms with Crippen LogP contribution >= 0.6 is 0 Å². The summed E-state index contributed by atoms with van der Waals surface area (Å²) < 4.78 is 5.66. The largest absolute Gasteiger partial charge is 0.424 e. The zero-order valence-electron chi connectivity index (χ0n) is 11.3. The van der Waals surface area contributed by atoms with Crippen molar-refractivity contribution in [1.82, 2.24) is 9.97 Å². The van der Waals surface area contributed by atoms with E-state index in [1.54, 1.807) is 0 Å². The van der Waals surface area contributed by atoms with Crippen LogP contribution in [0.4, 0.5) is 6.01 Å². The fourth-order valence-electron chi connectivity index (χ4n) is 2.43. The zero-order valence-corrected chi connectivity index (χ0v) is 11.3. The van der Waals surface area contributed by atoms with Gasteiger partial charge in [-0.3, -0.25) is 4.98 Å². The smallest absolute Gasteiger partial charge is 0.295 e. The number of para-hydroxylation sites is 3. The lowest BCUT2D eigenvalue weighted by molar-refractivity contribution is 0.614. The van der Waals surface area contributed by atoms with E-state index in [2.05, 4.69) is 33.5 Å². The Morgan fingerprint density at radius 2 is 1.86 bits per heavy atom. The summed E-state index contributed by atoms with van der Waals surface area (Å²) in [6.45, 7) is 0.626. The molecule has 0 unspecified atom stereocenters. The topological polar surface area (TPSA) is 51.0 Å². The van der Waals surface area contributed by atoms with Crippen molar-refractivity contribution in [2.24, 2.45) is 0 Å². The maximum Gasteiger partial charge on any atom is 0.295 e. The molecule has 21 heavy (non-hydrogen) atoms. The number of nitrogens with zero attached hydrogens (tertiary/aromatic N) is 2. The van der Waals surface area contributed by atoms with E-state index in [4.69, 9.17) is 4.42 Å². The molecule has 4 nitrogen and oxygen atoms in total. The summed E-state index contributed by atoms with van der Waals surface area (Å²) in [7, 11) is 0. The number of pyridine rings is 1. The van der Waals surface area contributed by atoms with Crippen molar-refractivity contribution >= 4 is 28.0 Å². The normalized spacial score (nSPS) is 11.0. The summed E-state index contributed by atoms with van der Waals surface area (Å²) in [6.07, 6.45) is 1.81. The third kappa shape index (κ3) is 2.21. The van der Waals surface area contributed by atoms with Gasteiger partial charge in [-0.25, -0.2) is 0 Å². The Morgan fingerprint density at radius 3 is 2.81 bits per heavy atom. The molecule has 102 valence electrons. The highest BCUT2D eigenvalue weighted by atomic mass is 16.4. The third-order valence-corrected chi connectivity index (χ3v) is 3.44. The number of aromatic nitrogens is 2. The van der Waals surface area contributed by atoms with Crippen LogP contribution < -0.4 is 5.32 Å². The van der Waals surface area contributed by atoms with Crippen LogP contribution in [0, 0.1) is 0 Å². The summed E-state index contributed by atoms with van der Waals surface area (Å²) in [5.74, 6) is 0. The molecular formula is C17H13N3O. The second-order valence-corrected chi connectivity index (χ2v) is 4.83. The van der Waals surface area contributed by atoms with Gasteiger partial charge in [0.15, 0.2) is 5.58 Å². The molecule has 0 amide bonds. The maximum absolute atomic E-state index is 5.66. The van der Waals surface area contributed by atoms with Gasteiger partial charge in [-0.05, 0) is 23.8 Å². The number of rotatable bonds is 3. The van der Waals surface area contributed by atoms with Crippen molar-refractivity contribution in [2.45, 2.75) is 6.54 Å². The lowest BCUT2D eigenvalue weighted by Crippen LogP contribution is -2.00. The van der Waals surface area contributed by atoms with Crippen LogP contribution in [0.5, 0.6) is 0 Å². The fraction of sp³-hybridized carbons (Fsp3) is 0.0588. The van der Waals surface area contributed by atoms with Gasteiger partial charge in [0.05, 0.1) is 5.52 Å². The van der Waals surface area contributed by atoms with Gasteiger partial charge in [0.1, 0.15) is 5.52 Å². The molecular weight excluding hydrogens is 262 g/mol. The number of hydrogen-bond acceptors (Lipinski definition) is 4. The summed E-state index contributed by atoms with van der Waals surface area (Å²) in [5.41, 5.74) is 3.77. The highest BCUT2D eigenvalue weighted by Crippen LogP contribution is 2.20. The first-order valence-electron chi connectivity index (χ1n) is 6.82. The number of anilines is 1. The Kier molecular flexibility index (Phi) is 2.78. The average Bonchev–Trinajstić information content (AvgIpc) is 2.96. The number of hydrogen-bond donors (Lipinski definition) is 1. The standard InChI is InChI=1S/C17H13N3O/c1-2-9-15-14(8-1)20-17(21-15)19-11-13-6-3-5-12-7-4-10-18-16(12)13/h1-10H,11H2,(H,19,20). The van der Waals surface area contributed by atoms with E-state index in [1.165, 1.54) is 0 Å². The van der Waals surface area contributed by atoms with Gasteiger partial charge in [-0.15, -0.1) is 0 Å². The summed E-state index contributed by atoms with van der Waals surface area (Å²) in [6, 6.07) is 18.4. The molecule has 2 heterocycles. The number of oxazole rings is 1. The van der Waals surface area contributed by atoms with E-state index in [-0.39, 0.29) is 0 Å². The lowest BCUT2D eigenvalue weighted by atomic mass is 10.1. The number of fused-ring (bicyclic) bond motifs is 2. The zero-order chi connectivity index (χ0) is 14.1. The van der Waals surface area contributed by atoms with Gasteiger partial charge >= 0.3 is 0 Å². The van der Waals surface area contributed by atoms with Crippen LogP contribution in [0.3, 0.4) is 0 Å². The van der Waals surface area contributed by atoms with Crippen molar-refractivity contribution in [3.63, 3.8) is 0 Å². The minimum Gasteiger partial charge on any atom is -0.424 e. The first-order valence-corrected chi connectivity index (χ1v) is 6.82. The predicted molar refractivity (Wildman–Crippen MR) is 83.1 cm³/mol. The van der Waals surface area contributed by atoms with E-state index >= 15 is 0 Å². The molecule has 2 aromatic carbocycles. The molecule has 0 saturated carbocycles. The Hall–Kier alpha value is -2.88. The summed E-state index contributed by atoms with van der Waals surface area (Å²) in [5, 5.41) is 4.36. The van der Waals surface area contributed by atoms with E-state index in [9.17, 15) is 0 Å². The van der Waals surface area contributed by atoms with Crippen molar-refractivity contribution in [1.29, 1.82) is 0 Å². The highest BCUT2D eigenvalue weighted by molar-refractivity contribution is 5.81. The van der Waals surface area contributed by atoms with Gasteiger partial charge in [-0.2, -0.15) is 4.98 Å². The minimum absolute atomic E-state index is 0.532. The molecule has 2 aromatic heterocycles. The molecule has 0 radical (unpaired) electrons. The Balaban J connectivity index is 1.63. The molecule has 0 atom stereocenters. The number of nitrogens with one attached hydrogen (secondary N) is 1. The van der Waals surface area contributed by atoms with Crippen LogP contribution in [0.1, 0.15) is 5.56 Å². The molecule has 0 bridgehead atoms. The Labute approximate surface area is 121 Å². The Bertz CT molecular complexity index is 876. The Morgan fingerprint density at radius 1 is 0.952 bits per heavy atom. The molecule has 0 saturated heterocycles. The average molecular weight is 275 g/mol. The van der Waals surface area contributed by atoms with Crippen LogP contribution in [-0.2, 0) is 6.54 Å². The maximum atomic E-state index is 5.66. The summed E-state index contributed by atoms with van der Waals surface area (Å²) >= 11 is 0. The van der Waals surface area contributed by atoms with Gasteiger partial charge in [0.2, 0.25) is 0 Å². The minimum atomic E-state index is 0.532. The van der Waals surface area contributed by atoms with E-state index in [0.717, 1.165) is 27.6 Å². The van der Waals surface area contributed by atoms with Crippen LogP contribution in [-0.4, -0.2) is 9.97 Å². The van der Waals surface area contributed by atoms with E-state index in [1.807, 2.05) is 42.6 Å². The second kappa shape index (κ2) is 4.90. The van der Waals surface area contributed by atoms with Gasteiger partial charge in [0.25, 0.3) is 6.01 Å². The molecule has 0 aliphatic heterocycles. The van der Waals surface area contributed by atoms with Gasteiger partial charge in [0, 0.05) is 18.1 Å². The van der Waals surface area contributed by atoms with Crippen molar-refractivity contribution in [3.8, 4) is 0 Å². The van der Waals surface area contributed by atoms with Crippen LogP contribution in [0.2, 0.25) is 0 Å². The van der Waals surface area contributed by atoms with Gasteiger partial charge in [-0.1, -0.05) is 36.4 Å². The van der Waals surface area contributed by atoms with Crippen molar-refractivity contribution < 1.29 is 4.42 Å². The molecule has 4 heteroatoms. The SMILES string of the molecule is c1cnc2c(CNc3nc4ccccc4o3)cccc2c1. The highest BCUT2D eigenvalue weighted by Gasteiger charge is 2.06. The molecule has 0 fully saturated rings. The first kappa shape index (κ1) is 11.9. The fourth-order valence-corrected chi connectivity index (χ4v) is 2.43.